The fourth-order valence-corrected chi connectivity index (χ4v) is 0. The van der Waals surface area contributed by atoms with Gasteiger partial charge in [0, 0.05) is 0 Å². The first-order chi connectivity index (χ1) is 2.00. The third-order valence-electron chi connectivity index (χ3n) is 0. The van der Waals surface area contributed by atoms with E-state index in [4.69, 9.17) is 0 Å². The molecule has 0 N–H and O–H groups in total. The second-order valence-electron chi connectivity index (χ2n) is 2.37. The van der Waals surface area contributed by atoms with Gasteiger partial charge in [-0.25, -0.2) is 0 Å². The predicted octanol–water partition coefficient (Wildman–Crippen LogP) is 2.28. The van der Waals surface area contributed by atoms with Crippen molar-refractivity contribution in [3.05, 3.63) is 0 Å². The van der Waals surface area contributed by atoms with Crippen molar-refractivity contribution >= 4 is 33.2 Å². The standard InChI is InChI=1S/C4H11P.HI/c1-4(2,3)5;/h5H2,1-3H3;1H. The van der Waals surface area contributed by atoms with Crippen molar-refractivity contribution in [3.8, 4) is 0 Å². The highest BCUT2D eigenvalue weighted by atomic mass is 127. The van der Waals surface area contributed by atoms with Crippen LogP contribution in [0.4, 0.5) is 0 Å². The van der Waals surface area contributed by atoms with E-state index >= 15 is 0 Å². The Labute approximate surface area is 59.3 Å². The van der Waals surface area contributed by atoms with Crippen molar-refractivity contribution < 1.29 is 0 Å². The zero-order chi connectivity index (χ0) is 4.50. The SMILES string of the molecule is CC(C)(C)P.I. The van der Waals surface area contributed by atoms with E-state index in [2.05, 4.69) is 30.0 Å². The normalized spacial score (nSPS) is 10.0. The Hall–Kier alpha value is 1.16. The molecule has 0 aliphatic carbocycles. The second-order valence-corrected chi connectivity index (χ2v) is 4.10. The van der Waals surface area contributed by atoms with Gasteiger partial charge in [-0.1, -0.05) is 20.8 Å². The van der Waals surface area contributed by atoms with Gasteiger partial charge in [0.05, 0.1) is 0 Å². The summed E-state index contributed by atoms with van der Waals surface area (Å²) < 4.78 is 0. The van der Waals surface area contributed by atoms with Gasteiger partial charge in [-0.2, -0.15) is 0 Å². The molecule has 0 rings (SSSR count). The van der Waals surface area contributed by atoms with Crippen molar-refractivity contribution in [2.45, 2.75) is 25.9 Å². The number of halogens is 1. The van der Waals surface area contributed by atoms with Crippen LogP contribution in [0.1, 0.15) is 20.8 Å². The molecular formula is C4H12IP. The van der Waals surface area contributed by atoms with Gasteiger partial charge >= 0.3 is 0 Å². The monoisotopic (exact) mass is 218 g/mol. The highest BCUT2D eigenvalue weighted by molar-refractivity contribution is 14.0. The minimum Gasteiger partial charge on any atom is -0.132 e. The van der Waals surface area contributed by atoms with Crippen LogP contribution in [-0.2, 0) is 0 Å². The summed E-state index contributed by atoms with van der Waals surface area (Å²) in [6, 6.07) is 0. The lowest BCUT2D eigenvalue weighted by Crippen LogP contribution is -1.97. The van der Waals surface area contributed by atoms with E-state index in [1.807, 2.05) is 0 Å². The third kappa shape index (κ3) is 66.4. The highest BCUT2D eigenvalue weighted by Gasteiger charge is 1.95. The first kappa shape index (κ1) is 10.2. The van der Waals surface area contributed by atoms with Crippen LogP contribution in [0.3, 0.4) is 0 Å². The average Bonchev–Trinajstić information content (AvgIpc) is 0.722. The van der Waals surface area contributed by atoms with Gasteiger partial charge in [0.25, 0.3) is 0 Å². The van der Waals surface area contributed by atoms with Crippen molar-refractivity contribution in [3.63, 3.8) is 0 Å². The summed E-state index contributed by atoms with van der Waals surface area (Å²) in [6.07, 6.45) is 0. The minimum atomic E-state index is 0. The fourth-order valence-electron chi connectivity index (χ4n) is 0. The summed E-state index contributed by atoms with van der Waals surface area (Å²) in [7, 11) is 2.72. The van der Waals surface area contributed by atoms with E-state index in [0.29, 0.717) is 5.16 Å². The summed E-state index contributed by atoms with van der Waals surface area (Å²) in [5.74, 6) is 0. The number of hydrogen-bond donors (Lipinski definition) is 0. The van der Waals surface area contributed by atoms with E-state index in [9.17, 15) is 0 Å². The van der Waals surface area contributed by atoms with Gasteiger partial charge in [-0.3, -0.25) is 0 Å². The molecule has 0 nitrogen and oxygen atoms in total. The van der Waals surface area contributed by atoms with E-state index < -0.39 is 0 Å². The molecule has 0 radical (unpaired) electrons. The number of hydrogen-bond acceptors (Lipinski definition) is 0. The quantitative estimate of drug-likeness (QED) is 0.432. The summed E-state index contributed by atoms with van der Waals surface area (Å²) in [6.45, 7) is 6.45. The topological polar surface area (TPSA) is 0 Å². The molecule has 40 valence electrons. The Kier molecular flexibility index (Phi) is 5.44. The molecule has 0 heterocycles. The van der Waals surface area contributed by atoms with Crippen LogP contribution in [0, 0.1) is 0 Å². The third-order valence-corrected chi connectivity index (χ3v) is 0. The Morgan fingerprint density at radius 3 is 1.17 bits per heavy atom. The predicted molar refractivity (Wildman–Crippen MR) is 44.9 cm³/mol. The lowest BCUT2D eigenvalue weighted by molar-refractivity contribution is 0.804. The summed E-state index contributed by atoms with van der Waals surface area (Å²) in [5.41, 5.74) is 0. The van der Waals surface area contributed by atoms with Gasteiger partial charge in [0.15, 0.2) is 0 Å². The molecule has 0 amide bonds. The molecule has 1 unspecified atom stereocenters. The van der Waals surface area contributed by atoms with Gasteiger partial charge in [0.1, 0.15) is 0 Å². The summed E-state index contributed by atoms with van der Waals surface area (Å²) >= 11 is 0. The van der Waals surface area contributed by atoms with Crippen molar-refractivity contribution in [2.75, 3.05) is 0 Å². The maximum absolute atomic E-state index is 2.72. The van der Waals surface area contributed by atoms with Crippen molar-refractivity contribution in [1.29, 1.82) is 0 Å². The van der Waals surface area contributed by atoms with Crippen molar-refractivity contribution in [1.82, 2.24) is 0 Å². The molecule has 0 aromatic rings. The first-order valence-corrected chi connectivity index (χ1v) is 2.37. The molecular weight excluding hydrogens is 206 g/mol. The molecule has 0 aliphatic heterocycles. The molecule has 6 heavy (non-hydrogen) atoms. The lowest BCUT2D eigenvalue weighted by Gasteiger charge is -2.05. The van der Waals surface area contributed by atoms with E-state index in [1.54, 1.807) is 0 Å². The van der Waals surface area contributed by atoms with Gasteiger partial charge in [-0.05, 0) is 5.16 Å². The molecule has 2 heteroatoms. The van der Waals surface area contributed by atoms with Gasteiger partial charge in [-0.15, -0.1) is 33.2 Å². The summed E-state index contributed by atoms with van der Waals surface area (Å²) in [5, 5.41) is 0.417. The van der Waals surface area contributed by atoms with Crippen LogP contribution in [0.25, 0.3) is 0 Å². The van der Waals surface area contributed by atoms with Crippen LogP contribution in [0.5, 0.6) is 0 Å². The molecule has 0 fully saturated rings. The molecule has 0 bridgehead atoms. The van der Waals surface area contributed by atoms with E-state index in [1.165, 1.54) is 0 Å². The molecule has 0 saturated heterocycles. The van der Waals surface area contributed by atoms with Crippen LogP contribution < -0.4 is 0 Å². The lowest BCUT2D eigenvalue weighted by atomic mass is 10.3. The molecule has 1 atom stereocenters. The Morgan fingerprint density at radius 1 is 1.17 bits per heavy atom. The number of rotatable bonds is 0. The van der Waals surface area contributed by atoms with Gasteiger partial charge < -0.3 is 0 Å². The van der Waals surface area contributed by atoms with Crippen molar-refractivity contribution in [2.24, 2.45) is 0 Å². The smallest absolute Gasteiger partial charge is 0.0235 e. The van der Waals surface area contributed by atoms with E-state index in [-0.39, 0.29) is 24.0 Å². The molecule has 0 saturated carbocycles. The zero-order valence-electron chi connectivity index (χ0n) is 4.49. The molecule has 0 aromatic carbocycles. The largest absolute Gasteiger partial charge is 0.132 e. The van der Waals surface area contributed by atoms with Gasteiger partial charge in [0.2, 0.25) is 0 Å². The van der Waals surface area contributed by atoms with Crippen LogP contribution in [0.2, 0.25) is 0 Å². The summed E-state index contributed by atoms with van der Waals surface area (Å²) in [4.78, 5) is 0. The van der Waals surface area contributed by atoms with Crippen LogP contribution in [-0.4, -0.2) is 5.16 Å². The maximum atomic E-state index is 2.72. The fraction of sp³-hybridized carbons (Fsp3) is 1.00. The minimum absolute atomic E-state index is 0. The Bertz CT molecular complexity index is 23.0. The van der Waals surface area contributed by atoms with Crippen LogP contribution in [0.15, 0.2) is 0 Å². The highest BCUT2D eigenvalue weighted by Crippen LogP contribution is 2.12. The van der Waals surface area contributed by atoms with Crippen LogP contribution >= 0.6 is 33.2 Å². The average molecular weight is 218 g/mol. The Balaban J connectivity index is 0. The zero-order valence-corrected chi connectivity index (χ0v) is 7.97. The second kappa shape index (κ2) is 3.20. The van der Waals surface area contributed by atoms with E-state index in [0.717, 1.165) is 0 Å². The molecule has 0 spiro atoms. The maximum Gasteiger partial charge on any atom is -0.0235 e. The molecule has 0 aliphatic rings. The Morgan fingerprint density at radius 2 is 1.17 bits per heavy atom. The molecule has 0 aromatic heterocycles. The first-order valence-electron chi connectivity index (χ1n) is 1.79.